The number of nitrogens with zero attached hydrogens (tertiary/aromatic N) is 2. The molecule has 0 aliphatic rings. The first-order valence-corrected chi connectivity index (χ1v) is 9.37. The first-order chi connectivity index (χ1) is 13.1. The number of nitrogens with one attached hydrogen (secondary N) is 2. The summed E-state index contributed by atoms with van der Waals surface area (Å²) in [5, 5.41) is 6.66. The number of anilines is 2. The lowest BCUT2D eigenvalue weighted by atomic mass is 10.1. The summed E-state index contributed by atoms with van der Waals surface area (Å²) in [5.41, 5.74) is 5.52. The van der Waals surface area contributed by atoms with E-state index in [1.807, 2.05) is 68.4 Å². The van der Waals surface area contributed by atoms with Crippen LogP contribution in [0.15, 0.2) is 60.8 Å². The summed E-state index contributed by atoms with van der Waals surface area (Å²) in [6.07, 6.45) is 1.76. The van der Waals surface area contributed by atoms with E-state index in [1.54, 1.807) is 6.20 Å². The van der Waals surface area contributed by atoms with Gasteiger partial charge in [-0.3, -0.25) is 0 Å². The third-order valence-electron chi connectivity index (χ3n) is 4.16. The summed E-state index contributed by atoms with van der Waals surface area (Å²) in [6, 6.07) is 17.1. The van der Waals surface area contributed by atoms with Crippen LogP contribution in [0.3, 0.4) is 0 Å². The number of aryl methyl sites for hydroxylation is 2. The van der Waals surface area contributed by atoms with Crippen LogP contribution in [0.5, 0.6) is 0 Å². The van der Waals surface area contributed by atoms with Crippen molar-refractivity contribution in [2.24, 2.45) is 0 Å². The van der Waals surface area contributed by atoms with Gasteiger partial charge in [0, 0.05) is 23.1 Å². The molecule has 2 heterocycles. The van der Waals surface area contributed by atoms with Crippen molar-refractivity contribution in [3.63, 3.8) is 0 Å². The Bertz CT molecular complexity index is 1100. The molecule has 0 spiro atoms. The average molecular weight is 374 g/mol. The molecule has 0 aliphatic carbocycles. The highest BCUT2D eigenvalue weighted by Crippen LogP contribution is 2.30. The number of amides is 2. The molecule has 2 amide bonds. The molecule has 4 aromatic rings. The molecule has 2 aromatic heterocycles. The molecule has 5 nitrogen and oxygen atoms in total. The topological polar surface area (TPSA) is 66.9 Å². The zero-order valence-electron chi connectivity index (χ0n) is 15.0. The Labute approximate surface area is 161 Å². The van der Waals surface area contributed by atoms with Crippen LogP contribution in [-0.2, 0) is 0 Å². The molecule has 0 atom stereocenters. The van der Waals surface area contributed by atoms with Gasteiger partial charge in [0.05, 0.1) is 0 Å². The second-order valence-electron chi connectivity index (χ2n) is 6.33. The third-order valence-corrected chi connectivity index (χ3v) is 5.19. The van der Waals surface area contributed by atoms with Gasteiger partial charge < -0.3 is 10.6 Å². The molecule has 0 bridgehead atoms. The molecular formula is C21H18N4OS. The van der Waals surface area contributed by atoms with Crippen LogP contribution in [0.1, 0.15) is 11.1 Å². The summed E-state index contributed by atoms with van der Waals surface area (Å²) in [7, 11) is 0. The van der Waals surface area contributed by atoms with Gasteiger partial charge in [-0.25, -0.2) is 14.8 Å². The highest BCUT2D eigenvalue weighted by atomic mass is 32.1. The fraction of sp³-hybridized carbons (Fsp3) is 0.0952. The third kappa shape index (κ3) is 3.80. The van der Waals surface area contributed by atoms with Gasteiger partial charge in [0.15, 0.2) is 0 Å². The van der Waals surface area contributed by atoms with E-state index < -0.39 is 0 Å². The highest BCUT2D eigenvalue weighted by Gasteiger charge is 2.09. The lowest BCUT2D eigenvalue weighted by Crippen LogP contribution is -2.20. The lowest BCUT2D eigenvalue weighted by molar-refractivity contribution is 0.262. The van der Waals surface area contributed by atoms with E-state index in [9.17, 15) is 4.79 Å². The Morgan fingerprint density at radius 2 is 1.89 bits per heavy atom. The van der Waals surface area contributed by atoms with Crippen LogP contribution in [0.25, 0.3) is 20.9 Å². The van der Waals surface area contributed by atoms with E-state index in [0.29, 0.717) is 5.69 Å². The number of hydrogen-bond acceptors (Lipinski definition) is 4. The number of aromatic nitrogens is 2. The predicted molar refractivity (Wildman–Crippen MR) is 111 cm³/mol. The fourth-order valence-electron chi connectivity index (χ4n) is 2.86. The minimum absolute atomic E-state index is 0.273. The van der Waals surface area contributed by atoms with Crippen LogP contribution < -0.4 is 10.6 Å². The summed E-state index contributed by atoms with van der Waals surface area (Å²) in [5.74, 6) is 0. The van der Waals surface area contributed by atoms with E-state index in [2.05, 4.69) is 20.6 Å². The van der Waals surface area contributed by atoms with E-state index in [-0.39, 0.29) is 6.03 Å². The molecule has 6 heteroatoms. The van der Waals surface area contributed by atoms with Crippen molar-refractivity contribution < 1.29 is 4.79 Å². The Hall–Kier alpha value is -3.25. The molecule has 2 N–H and O–H groups in total. The predicted octanol–water partition coefficient (Wildman–Crippen LogP) is 5.62. The number of carbonyl (C=O) groups excluding carboxylic acids is 1. The molecule has 0 aliphatic heterocycles. The number of benzene rings is 2. The first kappa shape index (κ1) is 17.2. The van der Waals surface area contributed by atoms with Crippen molar-refractivity contribution in [2.75, 3.05) is 10.6 Å². The van der Waals surface area contributed by atoms with E-state index >= 15 is 0 Å². The quantitative estimate of drug-likeness (QED) is 0.489. The minimum Gasteiger partial charge on any atom is -0.308 e. The maximum absolute atomic E-state index is 12.4. The summed E-state index contributed by atoms with van der Waals surface area (Å²) < 4.78 is 0. The molecule has 2 aromatic carbocycles. The minimum atomic E-state index is -0.273. The standard InChI is InChI=1S/C21H18N4OS/c1-13-8-9-17(14(2)11-13)25-21(26)23-16-6-3-5-15(12-16)19-24-18-7-4-10-22-20(18)27-19/h3-12H,1-2H3,(H2,23,25,26). The Morgan fingerprint density at radius 1 is 1.00 bits per heavy atom. The number of thiazole rings is 1. The fourth-order valence-corrected chi connectivity index (χ4v) is 3.77. The van der Waals surface area contributed by atoms with Crippen molar-refractivity contribution >= 4 is 39.1 Å². The Kier molecular flexibility index (Phi) is 4.56. The molecule has 4 rings (SSSR count). The van der Waals surface area contributed by atoms with Gasteiger partial charge in [0.1, 0.15) is 15.4 Å². The van der Waals surface area contributed by atoms with Crippen LogP contribution in [0.2, 0.25) is 0 Å². The van der Waals surface area contributed by atoms with Crippen LogP contribution in [0.4, 0.5) is 16.2 Å². The Morgan fingerprint density at radius 3 is 2.70 bits per heavy atom. The van der Waals surface area contributed by atoms with E-state index in [1.165, 1.54) is 11.3 Å². The molecule has 0 radical (unpaired) electrons. The zero-order valence-corrected chi connectivity index (χ0v) is 15.8. The van der Waals surface area contributed by atoms with Gasteiger partial charge in [-0.05, 0) is 49.7 Å². The van der Waals surface area contributed by atoms with E-state index in [4.69, 9.17) is 0 Å². The molecule has 0 unspecified atom stereocenters. The monoisotopic (exact) mass is 374 g/mol. The lowest BCUT2D eigenvalue weighted by Gasteiger charge is -2.11. The molecule has 0 fully saturated rings. The second kappa shape index (κ2) is 7.17. The second-order valence-corrected chi connectivity index (χ2v) is 7.30. The zero-order chi connectivity index (χ0) is 18.8. The number of rotatable bonds is 3. The van der Waals surface area contributed by atoms with E-state index in [0.717, 1.165) is 37.7 Å². The van der Waals surface area contributed by atoms with Gasteiger partial charge in [-0.1, -0.05) is 41.2 Å². The van der Waals surface area contributed by atoms with Gasteiger partial charge in [0.2, 0.25) is 0 Å². The van der Waals surface area contributed by atoms with Crippen LogP contribution >= 0.6 is 11.3 Å². The van der Waals surface area contributed by atoms with Crippen molar-refractivity contribution in [3.8, 4) is 10.6 Å². The van der Waals surface area contributed by atoms with Crippen LogP contribution in [0, 0.1) is 13.8 Å². The Balaban J connectivity index is 1.53. The number of fused-ring (bicyclic) bond motifs is 1. The van der Waals surface area contributed by atoms with Crippen molar-refractivity contribution in [3.05, 3.63) is 71.9 Å². The molecule has 27 heavy (non-hydrogen) atoms. The smallest absolute Gasteiger partial charge is 0.308 e. The maximum Gasteiger partial charge on any atom is 0.323 e. The van der Waals surface area contributed by atoms with Crippen molar-refractivity contribution in [2.45, 2.75) is 13.8 Å². The highest BCUT2D eigenvalue weighted by molar-refractivity contribution is 7.21. The first-order valence-electron chi connectivity index (χ1n) is 8.56. The largest absolute Gasteiger partial charge is 0.323 e. The van der Waals surface area contributed by atoms with Gasteiger partial charge in [-0.15, -0.1) is 0 Å². The maximum atomic E-state index is 12.4. The van der Waals surface area contributed by atoms with Crippen LogP contribution in [-0.4, -0.2) is 16.0 Å². The van der Waals surface area contributed by atoms with Gasteiger partial charge in [-0.2, -0.15) is 0 Å². The van der Waals surface area contributed by atoms with Gasteiger partial charge >= 0.3 is 6.03 Å². The average Bonchev–Trinajstić information content (AvgIpc) is 3.08. The number of pyridine rings is 1. The molecule has 134 valence electrons. The van der Waals surface area contributed by atoms with Gasteiger partial charge in [0.25, 0.3) is 0 Å². The summed E-state index contributed by atoms with van der Waals surface area (Å²) >= 11 is 1.53. The molecule has 0 saturated carbocycles. The van der Waals surface area contributed by atoms with Crippen molar-refractivity contribution in [1.29, 1.82) is 0 Å². The summed E-state index contributed by atoms with van der Waals surface area (Å²) in [6.45, 7) is 4.00. The molecule has 0 saturated heterocycles. The number of carbonyl (C=O) groups is 1. The summed E-state index contributed by atoms with van der Waals surface area (Å²) in [4.78, 5) is 22.2. The number of hydrogen-bond donors (Lipinski definition) is 2. The SMILES string of the molecule is Cc1ccc(NC(=O)Nc2cccc(-c3nc4cccnc4s3)c2)c(C)c1. The molecular weight excluding hydrogens is 356 g/mol. The number of urea groups is 1. The van der Waals surface area contributed by atoms with Crippen molar-refractivity contribution in [1.82, 2.24) is 9.97 Å². The normalized spacial score (nSPS) is 10.7.